The number of nitrogens with zero attached hydrogens (tertiary/aromatic N) is 2. The largest absolute Gasteiger partial charge is 0.441 e. The molecule has 2 fully saturated rings. The van der Waals surface area contributed by atoms with Gasteiger partial charge in [-0.15, -0.1) is 0 Å². The van der Waals surface area contributed by atoms with Gasteiger partial charge < -0.3 is 9.32 Å². The lowest BCUT2D eigenvalue weighted by Crippen LogP contribution is -2.28. The second kappa shape index (κ2) is 7.86. The number of benzene rings is 1. The van der Waals surface area contributed by atoms with Crippen LogP contribution in [0.15, 0.2) is 45.7 Å². The Hall–Kier alpha value is -2.12. The first kappa shape index (κ1) is 18.3. The minimum absolute atomic E-state index is 0.148. The van der Waals surface area contributed by atoms with Gasteiger partial charge in [0, 0.05) is 25.2 Å². The molecule has 1 aromatic carbocycles. The standard InChI is InChI=1S/C20H19FN2O2S2/c21-15-6-4-14(5-7-15)13-23-19(24)17(27-20(23)26)12-16-8-9-18(25-16)22-10-2-1-3-11-22/h4-9,12H,1-3,10-11,13H2/b17-12-. The predicted molar refractivity (Wildman–Crippen MR) is 110 cm³/mol. The number of piperidine rings is 1. The summed E-state index contributed by atoms with van der Waals surface area (Å²) in [4.78, 5) is 17.0. The van der Waals surface area contributed by atoms with Crippen molar-refractivity contribution in [1.29, 1.82) is 0 Å². The molecule has 2 saturated heterocycles. The van der Waals surface area contributed by atoms with Crippen molar-refractivity contribution in [3.05, 3.63) is 58.4 Å². The number of carbonyl (C=O) groups excluding carboxylic acids is 1. The number of furan rings is 1. The van der Waals surface area contributed by atoms with E-state index >= 15 is 0 Å². The Bertz CT molecular complexity index is 886. The minimum Gasteiger partial charge on any atom is -0.441 e. The van der Waals surface area contributed by atoms with Crippen LogP contribution in [0.25, 0.3) is 6.08 Å². The maximum atomic E-state index is 13.1. The lowest BCUT2D eigenvalue weighted by atomic mass is 10.1. The van der Waals surface area contributed by atoms with Crippen molar-refractivity contribution in [3.8, 4) is 0 Å². The Balaban J connectivity index is 1.47. The van der Waals surface area contributed by atoms with Gasteiger partial charge in [0.25, 0.3) is 5.91 Å². The van der Waals surface area contributed by atoms with E-state index in [4.69, 9.17) is 16.6 Å². The smallest absolute Gasteiger partial charge is 0.266 e. The van der Waals surface area contributed by atoms with Crippen LogP contribution in [0, 0.1) is 5.82 Å². The van der Waals surface area contributed by atoms with E-state index in [2.05, 4.69) is 4.90 Å². The topological polar surface area (TPSA) is 36.7 Å². The van der Waals surface area contributed by atoms with Gasteiger partial charge in [-0.25, -0.2) is 4.39 Å². The Labute approximate surface area is 167 Å². The van der Waals surface area contributed by atoms with Crippen LogP contribution >= 0.6 is 24.0 Å². The number of hydrogen-bond donors (Lipinski definition) is 0. The molecule has 2 aromatic rings. The highest BCUT2D eigenvalue weighted by molar-refractivity contribution is 8.26. The van der Waals surface area contributed by atoms with Crippen molar-refractivity contribution in [2.75, 3.05) is 18.0 Å². The molecule has 2 aliphatic rings. The molecule has 0 aliphatic carbocycles. The average Bonchev–Trinajstić information content (AvgIpc) is 3.25. The lowest BCUT2D eigenvalue weighted by molar-refractivity contribution is -0.122. The van der Waals surface area contributed by atoms with E-state index in [1.807, 2.05) is 12.1 Å². The van der Waals surface area contributed by atoms with Crippen LogP contribution in [0.5, 0.6) is 0 Å². The van der Waals surface area contributed by atoms with Crippen LogP contribution in [0.3, 0.4) is 0 Å². The van der Waals surface area contributed by atoms with Crippen LogP contribution in [0.4, 0.5) is 10.3 Å². The summed E-state index contributed by atoms with van der Waals surface area (Å²) in [6, 6.07) is 9.93. The van der Waals surface area contributed by atoms with Gasteiger partial charge in [0.05, 0.1) is 11.4 Å². The molecule has 4 nitrogen and oxygen atoms in total. The summed E-state index contributed by atoms with van der Waals surface area (Å²) in [5.41, 5.74) is 0.833. The van der Waals surface area contributed by atoms with Gasteiger partial charge in [0.15, 0.2) is 5.88 Å². The normalized spacial score (nSPS) is 19.4. The van der Waals surface area contributed by atoms with Gasteiger partial charge in [-0.3, -0.25) is 9.69 Å². The SMILES string of the molecule is O=C1/C(=C/c2ccc(N3CCCCC3)o2)SC(=S)N1Cc1ccc(F)cc1. The third-order valence-electron chi connectivity index (χ3n) is 4.68. The molecular formula is C20H19FN2O2S2. The zero-order valence-corrected chi connectivity index (χ0v) is 16.3. The maximum Gasteiger partial charge on any atom is 0.266 e. The second-order valence-corrected chi connectivity index (χ2v) is 8.29. The van der Waals surface area contributed by atoms with Crippen LogP contribution in [-0.2, 0) is 11.3 Å². The summed E-state index contributed by atoms with van der Waals surface area (Å²) in [5.74, 6) is 1.05. The fourth-order valence-electron chi connectivity index (χ4n) is 3.24. The summed E-state index contributed by atoms with van der Waals surface area (Å²) >= 11 is 6.62. The zero-order valence-electron chi connectivity index (χ0n) is 14.7. The molecule has 0 bridgehead atoms. The van der Waals surface area contributed by atoms with E-state index in [9.17, 15) is 9.18 Å². The van der Waals surface area contributed by atoms with E-state index < -0.39 is 0 Å². The number of amides is 1. The van der Waals surface area contributed by atoms with E-state index in [0.29, 0.717) is 21.5 Å². The average molecular weight is 403 g/mol. The molecule has 27 heavy (non-hydrogen) atoms. The highest BCUT2D eigenvalue weighted by Crippen LogP contribution is 2.34. The van der Waals surface area contributed by atoms with Crippen LogP contribution in [0.1, 0.15) is 30.6 Å². The first-order chi connectivity index (χ1) is 13.1. The summed E-state index contributed by atoms with van der Waals surface area (Å²) in [7, 11) is 0. The Morgan fingerprint density at radius 3 is 2.59 bits per heavy atom. The van der Waals surface area contributed by atoms with Gasteiger partial charge >= 0.3 is 0 Å². The number of thioether (sulfide) groups is 1. The lowest BCUT2D eigenvalue weighted by Gasteiger charge is -2.25. The molecule has 1 aromatic heterocycles. The fourth-order valence-corrected chi connectivity index (χ4v) is 4.48. The molecule has 140 valence electrons. The van der Waals surface area contributed by atoms with Gasteiger partial charge in [-0.2, -0.15) is 0 Å². The van der Waals surface area contributed by atoms with Crippen molar-refractivity contribution in [2.24, 2.45) is 0 Å². The zero-order chi connectivity index (χ0) is 18.8. The first-order valence-corrected chi connectivity index (χ1v) is 10.2. The maximum absolute atomic E-state index is 13.1. The molecule has 3 heterocycles. The third-order valence-corrected chi connectivity index (χ3v) is 6.06. The molecule has 0 atom stereocenters. The summed E-state index contributed by atoms with van der Waals surface area (Å²) in [5, 5.41) is 0. The predicted octanol–water partition coefficient (Wildman–Crippen LogP) is 4.81. The monoisotopic (exact) mass is 402 g/mol. The van der Waals surface area contributed by atoms with Crippen LogP contribution in [-0.4, -0.2) is 28.2 Å². The summed E-state index contributed by atoms with van der Waals surface area (Å²) < 4.78 is 19.5. The first-order valence-electron chi connectivity index (χ1n) is 8.95. The van der Waals surface area contributed by atoms with E-state index in [1.165, 1.54) is 48.1 Å². The molecule has 7 heteroatoms. The molecule has 0 radical (unpaired) electrons. The van der Waals surface area contributed by atoms with Crippen LogP contribution in [0.2, 0.25) is 0 Å². The number of thiocarbonyl (C=S) groups is 1. The number of halogens is 1. The Morgan fingerprint density at radius 2 is 1.85 bits per heavy atom. The fraction of sp³-hybridized carbons (Fsp3) is 0.300. The van der Waals surface area contributed by atoms with Crippen molar-refractivity contribution in [1.82, 2.24) is 4.90 Å². The van der Waals surface area contributed by atoms with E-state index in [-0.39, 0.29) is 11.7 Å². The van der Waals surface area contributed by atoms with Gasteiger partial charge in [0.1, 0.15) is 15.9 Å². The molecule has 1 amide bonds. The van der Waals surface area contributed by atoms with Crippen molar-refractivity contribution in [3.63, 3.8) is 0 Å². The van der Waals surface area contributed by atoms with Crippen molar-refractivity contribution >= 4 is 46.2 Å². The van der Waals surface area contributed by atoms with E-state index in [0.717, 1.165) is 24.5 Å². The molecule has 4 rings (SSSR count). The molecule has 0 N–H and O–H groups in total. The molecule has 0 unspecified atom stereocenters. The number of anilines is 1. The van der Waals surface area contributed by atoms with Gasteiger partial charge in [-0.05, 0) is 43.0 Å². The third kappa shape index (κ3) is 4.09. The Kier molecular flexibility index (Phi) is 5.31. The molecule has 2 aliphatic heterocycles. The quantitative estimate of drug-likeness (QED) is 0.542. The highest BCUT2D eigenvalue weighted by Gasteiger charge is 2.32. The highest BCUT2D eigenvalue weighted by atomic mass is 32.2. The summed E-state index contributed by atoms with van der Waals surface area (Å²) in [6.07, 6.45) is 5.37. The number of hydrogen-bond acceptors (Lipinski definition) is 5. The Morgan fingerprint density at radius 1 is 1.11 bits per heavy atom. The second-order valence-electron chi connectivity index (χ2n) is 6.62. The van der Waals surface area contributed by atoms with Gasteiger partial charge in [0.2, 0.25) is 0 Å². The minimum atomic E-state index is -0.300. The summed E-state index contributed by atoms with van der Waals surface area (Å²) in [6.45, 7) is 2.35. The molecule has 0 saturated carbocycles. The number of rotatable bonds is 4. The molecule has 0 spiro atoms. The van der Waals surface area contributed by atoms with E-state index in [1.54, 1.807) is 18.2 Å². The number of carbonyl (C=O) groups is 1. The van der Waals surface area contributed by atoms with Crippen LogP contribution < -0.4 is 4.90 Å². The van der Waals surface area contributed by atoms with Crippen molar-refractivity contribution in [2.45, 2.75) is 25.8 Å². The van der Waals surface area contributed by atoms with Gasteiger partial charge in [-0.1, -0.05) is 36.1 Å². The van der Waals surface area contributed by atoms with Crippen molar-refractivity contribution < 1.29 is 13.6 Å². The molecular weight excluding hydrogens is 383 g/mol.